The summed E-state index contributed by atoms with van der Waals surface area (Å²) in [4.78, 5) is 24.0. The van der Waals surface area contributed by atoms with E-state index in [-0.39, 0.29) is 11.8 Å². The second-order valence-electron chi connectivity index (χ2n) is 3.97. The summed E-state index contributed by atoms with van der Waals surface area (Å²) >= 11 is 0. The molecule has 0 aromatic carbocycles. The number of carbonyl (C=O) groups is 2. The highest BCUT2D eigenvalue weighted by Crippen LogP contribution is 2.38. The predicted molar refractivity (Wildman–Crippen MR) is 55.4 cm³/mol. The average molecular weight is 214 g/mol. The van der Waals surface area contributed by atoms with Crippen LogP contribution in [0.15, 0.2) is 0 Å². The number of rotatable bonds is 6. The normalized spacial score (nSPS) is 23.9. The van der Waals surface area contributed by atoms with Gasteiger partial charge in [0.1, 0.15) is 0 Å². The monoisotopic (exact) mass is 214 g/mol. The van der Waals surface area contributed by atoms with Gasteiger partial charge in [0.15, 0.2) is 0 Å². The van der Waals surface area contributed by atoms with Crippen molar-refractivity contribution in [3.8, 4) is 0 Å². The largest absolute Gasteiger partial charge is 0.481 e. The molecule has 1 rings (SSSR count). The molecular weight excluding hydrogens is 196 g/mol. The highest BCUT2D eigenvalue weighted by molar-refractivity contribution is 5.89. The van der Waals surface area contributed by atoms with E-state index in [2.05, 4.69) is 10.2 Å². The lowest BCUT2D eigenvalue weighted by atomic mass is 10.3. The molecule has 0 aromatic heterocycles. The van der Waals surface area contributed by atoms with E-state index in [9.17, 15) is 9.59 Å². The van der Waals surface area contributed by atoms with Gasteiger partial charge < -0.3 is 15.3 Å². The number of carboxylic acids is 1. The van der Waals surface area contributed by atoms with Crippen molar-refractivity contribution in [2.45, 2.75) is 13.3 Å². The molecule has 2 atom stereocenters. The van der Waals surface area contributed by atoms with E-state index < -0.39 is 11.9 Å². The quantitative estimate of drug-likeness (QED) is 0.641. The van der Waals surface area contributed by atoms with Gasteiger partial charge in [0.25, 0.3) is 0 Å². The van der Waals surface area contributed by atoms with Crippen LogP contribution < -0.4 is 5.32 Å². The zero-order chi connectivity index (χ0) is 11.4. The zero-order valence-electron chi connectivity index (χ0n) is 9.19. The van der Waals surface area contributed by atoms with Crippen molar-refractivity contribution in [3.63, 3.8) is 0 Å². The number of nitrogens with zero attached hydrogens (tertiary/aromatic N) is 1. The molecule has 5 nitrogen and oxygen atoms in total. The molecule has 1 saturated carbocycles. The summed E-state index contributed by atoms with van der Waals surface area (Å²) in [6, 6.07) is 0. The second-order valence-corrected chi connectivity index (χ2v) is 3.97. The topological polar surface area (TPSA) is 69.6 Å². The summed E-state index contributed by atoms with van der Waals surface area (Å²) in [5.74, 6) is -1.73. The molecule has 15 heavy (non-hydrogen) atoms. The Morgan fingerprint density at radius 1 is 1.47 bits per heavy atom. The van der Waals surface area contributed by atoms with Crippen molar-refractivity contribution < 1.29 is 14.7 Å². The molecule has 0 aromatic rings. The number of hydrogen-bond acceptors (Lipinski definition) is 3. The van der Waals surface area contributed by atoms with Crippen LogP contribution in [0.25, 0.3) is 0 Å². The number of likely N-dealkylation sites (N-methyl/N-ethyl adjacent to an activating group) is 1. The van der Waals surface area contributed by atoms with Crippen LogP contribution in [0.3, 0.4) is 0 Å². The molecule has 1 aliphatic carbocycles. The minimum atomic E-state index is -0.860. The van der Waals surface area contributed by atoms with Gasteiger partial charge in [-0.15, -0.1) is 0 Å². The first-order chi connectivity index (χ1) is 7.06. The molecule has 0 aliphatic heterocycles. The van der Waals surface area contributed by atoms with E-state index >= 15 is 0 Å². The van der Waals surface area contributed by atoms with Crippen LogP contribution in [0.1, 0.15) is 13.3 Å². The lowest BCUT2D eigenvalue weighted by molar-refractivity contribution is -0.140. The highest BCUT2D eigenvalue weighted by Gasteiger charge is 2.48. The standard InChI is InChI=1S/C10H18N2O3/c1-3-12(2)5-4-11-9(13)7-6-8(7)10(14)15/h7-8H,3-6H2,1-2H3,(H,11,13)(H,14,15)/t7-,8+/m1/s1. The minimum Gasteiger partial charge on any atom is -0.481 e. The zero-order valence-corrected chi connectivity index (χ0v) is 9.19. The van der Waals surface area contributed by atoms with Gasteiger partial charge in [0.2, 0.25) is 5.91 Å². The summed E-state index contributed by atoms with van der Waals surface area (Å²) in [6.07, 6.45) is 0.491. The Morgan fingerprint density at radius 2 is 2.13 bits per heavy atom. The third kappa shape index (κ3) is 3.51. The lowest BCUT2D eigenvalue weighted by Gasteiger charge is -2.13. The second kappa shape index (κ2) is 5.11. The molecular formula is C10H18N2O3. The van der Waals surface area contributed by atoms with Crippen LogP contribution >= 0.6 is 0 Å². The van der Waals surface area contributed by atoms with Gasteiger partial charge in [0.05, 0.1) is 11.8 Å². The first-order valence-corrected chi connectivity index (χ1v) is 5.25. The van der Waals surface area contributed by atoms with E-state index in [1.807, 2.05) is 14.0 Å². The fraction of sp³-hybridized carbons (Fsp3) is 0.800. The molecule has 0 radical (unpaired) electrons. The van der Waals surface area contributed by atoms with Gasteiger partial charge in [-0.2, -0.15) is 0 Å². The molecule has 0 saturated heterocycles. The van der Waals surface area contributed by atoms with Crippen LogP contribution in [-0.4, -0.2) is 48.6 Å². The Bertz CT molecular complexity index is 255. The smallest absolute Gasteiger partial charge is 0.307 e. The molecule has 1 amide bonds. The highest BCUT2D eigenvalue weighted by atomic mass is 16.4. The van der Waals surface area contributed by atoms with Crippen molar-refractivity contribution in [1.82, 2.24) is 10.2 Å². The summed E-state index contributed by atoms with van der Waals surface area (Å²) < 4.78 is 0. The van der Waals surface area contributed by atoms with Crippen LogP contribution in [-0.2, 0) is 9.59 Å². The van der Waals surface area contributed by atoms with Crippen molar-refractivity contribution in [2.75, 3.05) is 26.7 Å². The molecule has 2 N–H and O–H groups in total. The Balaban J connectivity index is 2.13. The van der Waals surface area contributed by atoms with E-state index in [0.29, 0.717) is 13.0 Å². The molecule has 86 valence electrons. The molecule has 0 spiro atoms. The maximum atomic E-state index is 11.4. The van der Waals surface area contributed by atoms with Crippen LogP contribution in [0, 0.1) is 11.8 Å². The Kier molecular flexibility index (Phi) is 4.08. The maximum absolute atomic E-state index is 11.4. The average Bonchev–Trinajstić information content (AvgIpc) is 2.96. The number of carboxylic acid groups (broad SMARTS) is 1. The fourth-order valence-electron chi connectivity index (χ4n) is 1.42. The Hall–Kier alpha value is -1.10. The third-order valence-electron chi connectivity index (χ3n) is 2.78. The summed E-state index contributed by atoms with van der Waals surface area (Å²) in [5, 5.41) is 11.4. The van der Waals surface area contributed by atoms with E-state index in [1.165, 1.54) is 0 Å². The van der Waals surface area contributed by atoms with Crippen LogP contribution in [0.5, 0.6) is 0 Å². The molecule has 0 bridgehead atoms. The van der Waals surface area contributed by atoms with Gasteiger partial charge in [0, 0.05) is 13.1 Å². The summed E-state index contributed by atoms with van der Waals surface area (Å²) in [6.45, 7) is 4.37. The van der Waals surface area contributed by atoms with Gasteiger partial charge in [-0.3, -0.25) is 9.59 Å². The number of aliphatic carboxylic acids is 1. The summed E-state index contributed by atoms with van der Waals surface area (Å²) in [7, 11) is 1.98. The van der Waals surface area contributed by atoms with Crippen molar-refractivity contribution >= 4 is 11.9 Å². The van der Waals surface area contributed by atoms with Crippen LogP contribution in [0.2, 0.25) is 0 Å². The van der Waals surface area contributed by atoms with Gasteiger partial charge in [-0.05, 0) is 20.0 Å². The lowest BCUT2D eigenvalue weighted by Crippen LogP contribution is -2.34. The van der Waals surface area contributed by atoms with Gasteiger partial charge in [-0.1, -0.05) is 6.92 Å². The molecule has 5 heteroatoms. The Labute approximate surface area is 89.4 Å². The summed E-state index contributed by atoms with van der Waals surface area (Å²) in [5.41, 5.74) is 0. The number of hydrogen-bond donors (Lipinski definition) is 2. The number of nitrogens with one attached hydrogen (secondary N) is 1. The molecule has 1 fully saturated rings. The molecule has 0 heterocycles. The van der Waals surface area contributed by atoms with Gasteiger partial charge >= 0.3 is 5.97 Å². The first-order valence-electron chi connectivity index (χ1n) is 5.25. The van der Waals surface area contributed by atoms with E-state index in [4.69, 9.17) is 5.11 Å². The predicted octanol–water partition coefficient (Wildman–Crippen LogP) is -0.225. The van der Waals surface area contributed by atoms with Crippen molar-refractivity contribution in [2.24, 2.45) is 11.8 Å². The SMILES string of the molecule is CCN(C)CCNC(=O)[C@@H]1C[C@@H]1C(=O)O. The molecule has 0 unspecified atom stereocenters. The van der Waals surface area contributed by atoms with Crippen molar-refractivity contribution in [1.29, 1.82) is 0 Å². The maximum Gasteiger partial charge on any atom is 0.307 e. The Morgan fingerprint density at radius 3 is 2.60 bits per heavy atom. The first kappa shape index (κ1) is 12.0. The van der Waals surface area contributed by atoms with E-state index in [1.54, 1.807) is 0 Å². The molecule has 1 aliphatic rings. The fourth-order valence-corrected chi connectivity index (χ4v) is 1.42. The van der Waals surface area contributed by atoms with E-state index in [0.717, 1.165) is 13.1 Å². The number of carbonyl (C=O) groups excluding carboxylic acids is 1. The van der Waals surface area contributed by atoms with Crippen molar-refractivity contribution in [3.05, 3.63) is 0 Å². The number of amides is 1. The third-order valence-corrected chi connectivity index (χ3v) is 2.78. The van der Waals surface area contributed by atoms with Gasteiger partial charge in [-0.25, -0.2) is 0 Å². The van der Waals surface area contributed by atoms with Crippen LogP contribution in [0.4, 0.5) is 0 Å². The minimum absolute atomic E-state index is 0.119.